The second kappa shape index (κ2) is 7.21. The molecule has 0 aliphatic carbocycles. The molecule has 0 aromatic heterocycles. The van der Waals surface area contributed by atoms with E-state index in [0.717, 1.165) is 6.07 Å². The van der Waals surface area contributed by atoms with Crippen LogP contribution in [0.25, 0.3) is 0 Å². The fraction of sp³-hybridized carbons (Fsp3) is 0. The molecule has 0 radical (unpaired) electrons. The van der Waals surface area contributed by atoms with Gasteiger partial charge in [-0.1, -0.05) is 11.6 Å². The molecule has 9 heteroatoms. The topological polar surface area (TPSA) is 101 Å². The molecular weight excluding hydrogens is 390 g/mol. The predicted molar refractivity (Wildman–Crippen MR) is 87.2 cm³/mol. The van der Waals surface area contributed by atoms with E-state index in [4.69, 9.17) is 11.6 Å². The molecule has 0 saturated heterocycles. The van der Waals surface area contributed by atoms with Crippen molar-refractivity contribution in [3.8, 4) is 0 Å². The third-order valence-electron chi connectivity index (χ3n) is 2.80. The Kier molecular flexibility index (Phi) is 5.30. The lowest BCUT2D eigenvalue weighted by Crippen LogP contribution is -2.41. The number of amides is 2. The van der Waals surface area contributed by atoms with Gasteiger partial charge in [0.25, 0.3) is 17.5 Å². The van der Waals surface area contributed by atoms with Crippen LogP contribution < -0.4 is 10.9 Å². The Hall–Kier alpha value is -2.45. The molecular formula is C14H9BrClN3O4. The van der Waals surface area contributed by atoms with E-state index in [9.17, 15) is 19.7 Å². The van der Waals surface area contributed by atoms with Crippen molar-refractivity contribution in [2.75, 3.05) is 0 Å². The molecule has 2 rings (SSSR count). The zero-order chi connectivity index (χ0) is 17.0. The quantitative estimate of drug-likeness (QED) is 0.613. The Morgan fingerprint density at radius 1 is 1.04 bits per heavy atom. The number of carbonyl (C=O) groups excluding carboxylic acids is 2. The lowest BCUT2D eigenvalue weighted by molar-refractivity contribution is -0.384. The summed E-state index contributed by atoms with van der Waals surface area (Å²) < 4.78 is 0.362. The third-order valence-corrected chi connectivity index (χ3v) is 3.74. The number of carbonyl (C=O) groups is 2. The van der Waals surface area contributed by atoms with E-state index >= 15 is 0 Å². The minimum Gasteiger partial charge on any atom is -0.267 e. The van der Waals surface area contributed by atoms with Crippen LogP contribution >= 0.6 is 27.5 Å². The van der Waals surface area contributed by atoms with E-state index in [2.05, 4.69) is 26.8 Å². The second-order valence-corrected chi connectivity index (χ2v) is 5.63. The van der Waals surface area contributed by atoms with Crippen molar-refractivity contribution in [1.82, 2.24) is 10.9 Å². The summed E-state index contributed by atoms with van der Waals surface area (Å²) in [5.74, 6) is -1.24. The zero-order valence-corrected chi connectivity index (χ0v) is 13.7. The second-order valence-electron chi connectivity index (χ2n) is 4.34. The SMILES string of the molecule is O=C(NNC(=O)c1cc([N+](=O)[O-])ccc1Br)c1ccc(Cl)cc1. The number of nitrogens with zero attached hydrogens (tertiary/aromatic N) is 1. The molecule has 0 aliphatic heterocycles. The van der Waals surface area contributed by atoms with Crippen LogP contribution in [0, 0.1) is 10.1 Å². The van der Waals surface area contributed by atoms with Crippen LogP contribution in [-0.2, 0) is 0 Å². The minimum absolute atomic E-state index is 0.0237. The van der Waals surface area contributed by atoms with Gasteiger partial charge in [-0.25, -0.2) is 0 Å². The van der Waals surface area contributed by atoms with Gasteiger partial charge in [0.1, 0.15) is 0 Å². The Balaban J connectivity index is 2.07. The van der Waals surface area contributed by atoms with Crippen LogP contribution in [0.15, 0.2) is 46.9 Å². The molecule has 23 heavy (non-hydrogen) atoms. The fourth-order valence-electron chi connectivity index (χ4n) is 1.66. The number of halogens is 2. The highest BCUT2D eigenvalue weighted by atomic mass is 79.9. The number of nitro groups is 1. The highest BCUT2D eigenvalue weighted by molar-refractivity contribution is 9.10. The van der Waals surface area contributed by atoms with Gasteiger partial charge in [-0.05, 0) is 46.3 Å². The number of non-ortho nitro benzene ring substituents is 1. The van der Waals surface area contributed by atoms with Crippen molar-refractivity contribution >= 4 is 45.0 Å². The maximum Gasteiger partial charge on any atom is 0.271 e. The molecule has 2 amide bonds. The van der Waals surface area contributed by atoms with Gasteiger partial charge in [0.2, 0.25) is 0 Å². The summed E-state index contributed by atoms with van der Waals surface area (Å²) in [6, 6.07) is 9.81. The normalized spacial score (nSPS) is 10.0. The van der Waals surface area contributed by atoms with Crippen molar-refractivity contribution in [3.63, 3.8) is 0 Å². The summed E-state index contributed by atoms with van der Waals surface area (Å²) in [5, 5.41) is 11.2. The molecule has 0 spiro atoms. The van der Waals surface area contributed by atoms with E-state index in [1.807, 2.05) is 0 Å². The lowest BCUT2D eigenvalue weighted by Gasteiger charge is -2.08. The van der Waals surface area contributed by atoms with E-state index in [0.29, 0.717) is 15.1 Å². The Bertz CT molecular complexity index is 780. The Morgan fingerprint density at radius 3 is 2.26 bits per heavy atom. The molecule has 0 heterocycles. The van der Waals surface area contributed by atoms with Crippen LogP contribution in [-0.4, -0.2) is 16.7 Å². The first kappa shape index (κ1) is 16.9. The van der Waals surface area contributed by atoms with Crippen molar-refractivity contribution < 1.29 is 14.5 Å². The summed E-state index contributed by atoms with van der Waals surface area (Å²) >= 11 is 8.85. The number of hydrazine groups is 1. The summed E-state index contributed by atoms with van der Waals surface area (Å²) in [4.78, 5) is 34.0. The minimum atomic E-state index is -0.692. The van der Waals surface area contributed by atoms with Gasteiger partial charge in [0, 0.05) is 27.2 Å². The summed E-state index contributed by atoms with van der Waals surface area (Å²) in [5.41, 5.74) is 4.50. The molecule has 0 atom stereocenters. The average molecular weight is 399 g/mol. The monoisotopic (exact) mass is 397 g/mol. The maximum absolute atomic E-state index is 12.0. The molecule has 2 aromatic carbocycles. The van der Waals surface area contributed by atoms with Crippen LogP contribution in [0.4, 0.5) is 5.69 Å². The summed E-state index contributed by atoms with van der Waals surface area (Å²) in [6.45, 7) is 0. The fourth-order valence-corrected chi connectivity index (χ4v) is 2.21. The van der Waals surface area contributed by atoms with Gasteiger partial charge in [0.15, 0.2) is 0 Å². The average Bonchev–Trinajstić information content (AvgIpc) is 2.53. The molecule has 2 aromatic rings. The van der Waals surface area contributed by atoms with Gasteiger partial charge >= 0.3 is 0 Å². The zero-order valence-electron chi connectivity index (χ0n) is 11.4. The highest BCUT2D eigenvalue weighted by Gasteiger charge is 2.16. The van der Waals surface area contributed by atoms with Gasteiger partial charge in [0.05, 0.1) is 10.5 Å². The predicted octanol–water partition coefficient (Wildman–Crippen LogP) is 3.09. The van der Waals surface area contributed by atoms with Gasteiger partial charge in [-0.2, -0.15) is 0 Å². The van der Waals surface area contributed by atoms with Crippen LogP contribution in [0.3, 0.4) is 0 Å². The molecule has 118 valence electrons. The number of hydrogen-bond donors (Lipinski definition) is 2. The van der Waals surface area contributed by atoms with Gasteiger partial charge < -0.3 is 0 Å². The molecule has 0 fully saturated rings. The van der Waals surface area contributed by atoms with Crippen molar-refractivity contribution in [2.45, 2.75) is 0 Å². The van der Waals surface area contributed by atoms with Crippen molar-refractivity contribution in [1.29, 1.82) is 0 Å². The first-order chi connectivity index (χ1) is 10.9. The number of rotatable bonds is 3. The first-order valence-corrected chi connectivity index (χ1v) is 7.36. The van der Waals surface area contributed by atoms with Crippen LogP contribution in [0.2, 0.25) is 5.02 Å². The Labute approximate surface area is 143 Å². The first-order valence-electron chi connectivity index (χ1n) is 6.18. The lowest BCUT2D eigenvalue weighted by atomic mass is 10.2. The molecule has 0 unspecified atom stereocenters. The van der Waals surface area contributed by atoms with Gasteiger partial charge in [-0.15, -0.1) is 0 Å². The summed E-state index contributed by atoms with van der Waals surface area (Å²) in [6.07, 6.45) is 0. The number of nitrogens with one attached hydrogen (secondary N) is 2. The molecule has 0 aliphatic rings. The standard InChI is InChI=1S/C14H9BrClN3O4/c15-12-6-5-10(19(22)23)7-11(12)14(21)18-17-13(20)8-1-3-9(16)4-2-8/h1-7H,(H,17,20)(H,18,21). The molecule has 0 saturated carbocycles. The van der Waals surface area contributed by atoms with Crippen molar-refractivity contribution in [3.05, 3.63) is 73.2 Å². The molecule has 7 nitrogen and oxygen atoms in total. The summed E-state index contributed by atoms with van der Waals surface area (Å²) in [7, 11) is 0. The van der Waals surface area contributed by atoms with Crippen LogP contribution in [0.1, 0.15) is 20.7 Å². The number of nitro benzene ring substituents is 1. The number of hydrogen-bond acceptors (Lipinski definition) is 4. The van der Waals surface area contributed by atoms with E-state index < -0.39 is 16.7 Å². The van der Waals surface area contributed by atoms with E-state index in [1.165, 1.54) is 36.4 Å². The maximum atomic E-state index is 12.0. The smallest absolute Gasteiger partial charge is 0.267 e. The van der Waals surface area contributed by atoms with Gasteiger partial charge in [-0.3, -0.25) is 30.6 Å². The Morgan fingerprint density at radius 2 is 1.65 bits per heavy atom. The molecule has 2 N–H and O–H groups in total. The van der Waals surface area contributed by atoms with E-state index in [-0.39, 0.29) is 11.3 Å². The van der Waals surface area contributed by atoms with Crippen molar-refractivity contribution in [2.24, 2.45) is 0 Å². The highest BCUT2D eigenvalue weighted by Crippen LogP contribution is 2.22. The number of benzene rings is 2. The largest absolute Gasteiger partial charge is 0.271 e. The van der Waals surface area contributed by atoms with Crippen LogP contribution in [0.5, 0.6) is 0 Å². The van der Waals surface area contributed by atoms with E-state index in [1.54, 1.807) is 0 Å². The third kappa shape index (κ3) is 4.27. The molecule has 0 bridgehead atoms.